The van der Waals surface area contributed by atoms with Crippen LogP contribution in [0.15, 0.2) is 51.3 Å². The molecule has 0 aliphatic heterocycles. The lowest BCUT2D eigenvalue weighted by Gasteiger charge is -2.06. The summed E-state index contributed by atoms with van der Waals surface area (Å²) in [5.41, 5.74) is 3.32. The largest absolute Gasteiger partial charge is 0.292 e. The van der Waals surface area contributed by atoms with Gasteiger partial charge in [-0.15, -0.1) is 0 Å². The number of aromatic nitrogens is 4. The van der Waals surface area contributed by atoms with E-state index in [-0.39, 0.29) is 0 Å². The quantitative estimate of drug-likeness (QED) is 0.427. The fraction of sp³-hybridized carbons (Fsp3) is 0. The molecule has 3 aromatic rings. The van der Waals surface area contributed by atoms with Gasteiger partial charge < -0.3 is 0 Å². The zero-order chi connectivity index (χ0) is 13.9. The zero-order valence-electron chi connectivity index (χ0n) is 10.1. The smallest absolute Gasteiger partial charge is 0.238 e. The Hall–Kier alpha value is -1.77. The molecule has 20 heavy (non-hydrogen) atoms. The molecule has 0 bridgehead atoms. The molecular weight excluding hydrogens is 340 g/mol. The van der Waals surface area contributed by atoms with Crippen LogP contribution in [0.4, 0.5) is 5.95 Å². The number of hydrogen-bond donors (Lipinski definition) is 2. The van der Waals surface area contributed by atoms with E-state index >= 15 is 0 Å². The van der Waals surface area contributed by atoms with Gasteiger partial charge in [0.05, 0.1) is 9.99 Å². The zero-order valence-corrected chi connectivity index (χ0v) is 12.5. The van der Waals surface area contributed by atoms with E-state index in [1.54, 1.807) is 12.5 Å². The van der Waals surface area contributed by atoms with Crippen molar-refractivity contribution in [1.29, 1.82) is 0 Å². The third-order valence-electron chi connectivity index (χ3n) is 2.54. The van der Waals surface area contributed by atoms with Crippen molar-refractivity contribution < 1.29 is 0 Å². The Bertz CT molecular complexity index is 761. The van der Waals surface area contributed by atoms with Crippen molar-refractivity contribution in [2.45, 2.75) is 10.1 Å². The van der Waals surface area contributed by atoms with E-state index in [0.717, 1.165) is 25.4 Å². The van der Waals surface area contributed by atoms with E-state index in [9.17, 15) is 0 Å². The summed E-state index contributed by atoms with van der Waals surface area (Å²) in [6.07, 6.45) is 3.19. The summed E-state index contributed by atoms with van der Waals surface area (Å²) in [5.74, 6) is 5.68. The molecule has 6 nitrogen and oxygen atoms in total. The van der Waals surface area contributed by atoms with Crippen LogP contribution in [0.1, 0.15) is 0 Å². The maximum Gasteiger partial charge on any atom is 0.238 e. The lowest BCUT2D eigenvalue weighted by atomic mass is 10.2. The molecule has 3 rings (SSSR count). The molecule has 0 unspecified atom stereocenters. The van der Waals surface area contributed by atoms with Crippen LogP contribution >= 0.6 is 27.7 Å². The van der Waals surface area contributed by atoms with Gasteiger partial charge in [0.25, 0.3) is 0 Å². The third kappa shape index (κ3) is 2.58. The average molecular weight is 349 g/mol. The molecule has 0 aliphatic rings. The number of nitrogens with one attached hydrogen (secondary N) is 1. The summed E-state index contributed by atoms with van der Waals surface area (Å²) in [5, 5.41) is 2.54. The Morgan fingerprint density at radius 1 is 1.10 bits per heavy atom. The number of hydrazine groups is 1. The van der Waals surface area contributed by atoms with Crippen LogP contribution in [-0.2, 0) is 0 Å². The average Bonchev–Trinajstić information content (AvgIpc) is 2.50. The van der Waals surface area contributed by atoms with Crippen molar-refractivity contribution in [3.63, 3.8) is 0 Å². The predicted octanol–water partition coefficient (Wildman–Crippen LogP) is 2.62. The molecule has 3 N–H and O–H groups in total. The number of benzene rings is 1. The summed E-state index contributed by atoms with van der Waals surface area (Å²) >= 11 is 4.85. The number of anilines is 1. The second-order valence-corrected chi connectivity index (χ2v) is 5.62. The highest BCUT2D eigenvalue weighted by Gasteiger charge is 2.10. The molecule has 8 heteroatoms. The molecule has 2 heterocycles. The van der Waals surface area contributed by atoms with Crippen molar-refractivity contribution in [1.82, 2.24) is 19.9 Å². The number of rotatable bonds is 3. The van der Waals surface area contributed by atoms with Crippen molar-refractivity contribution in [3.05, 3.63) is 41.3 Å². The molecule has 0 saturated heterocycles. The van der Waals surface area contributed by atoms with Crippen molar-refractivity contribution in [2.75, 3.05) is 5.43 Å². The second-order valence-electron chi connectivity index (χ2n) is 3.79. The molecular formula is C12H9BrN6S. The van der Waals surface area contributed by atoms with Gasteiger partial charge in [0.2, 0.25) is 5.95 Å². The van der Waals surface area contributed by atoms with E-state index in [1.807, 2.05) is 24.3 Å². The van der Waals surface area contributed by atoms with Gasteiger partial charge in [-0.05, 0) is 33.8 Å². The van der Waals surface area contributed by atoms with Crippen LogP contribution < -0.4 is 11.3 Å². The molecule has 0 atom stereocenters. The first-order chi connectivity index (χ1) is 9.78. The fourth-order valence-corrected chi connectivity index (χ4v) is 2.93. The summed E-state index contributed by atoms with van der Waals surface area (Å²) < 4.78 is 0.782. The number of fused-ring (bicyclic) bond motifs is 1. The number of nitrogen functional groups attached to an aromatic ring is 1. The maximum absolute atomic E-state index is 5.33. The Morgan fingerprint density at radius 2 is 1.95 bits per heavy atom. The molecule has 1 aromatic carbocycles. The predicted molar refractivity (Wildman–Crippen MR) is 81.2 cm³/mol. The Morgan fingerprint density at radius 3 is 2.80 bits per heavy atom. The summed E-state index contributed by atoms with van der Waals surface area (Å²) in [6, 6.07) is 7.83. The maximum atomic E-state index is 5.33. The van der Waals surface area contributed by atoms with Crippen LogP contribution in [0.5, 0.6) is 0 Å². The monoisotopic (exact) mass is 348 g/mol. The topological polar surface area (TPSA) is 89.6 Å². The SMILES string of the molecule is NNc1ncc(Br)c(Sc2ncnc3ccccc23)n1. The second kappa shape index (κ2) is 5.70. The van der Waals surface area contributed by atoms with E-state index in [4.69, 9.17) is 5.84 Å². The number of hydrogen-bond acceptors (Lipinski definition) is 7. The normalized spacial score (nSPS) is 10.7. The van der Waals surface area contributed by atoms with Crippen molar-refractivity contribution in [2.24, 2.45) is 5.84 Å². The summed E-state index contributed by atoms with van der Waals surface area (Å²) in [4.78, 5) is 16.9. The highest BCUT2D eigenvalue weighted by Crippen LogP contribution is 2.34. The van der Waals surface area contributed by atoms with E-state index in [1.165, 1.54) is 11.8 Å². The Labute approximate surface area is 127 Å². The van der Waals surface area contributed by atoms with Crippen LogP contribution in [-0.4, -0.2) is 19.9 Å². The van der Waals surface area contributed by atoms with Gasteiger partial charge in [-0.2, -0.15) is 0 Å². The van der Waals surface area contributed by atoms with Crippen LogP contribution in [0, 0.1) is 0 Å². The molecule has 0 spiro atoms. The molecule has 0 amide bonds. The Kier molecular flexibility index (Phi) is 3.77. The molecule has 100 valence electrons. The molecule has 0 radical (unpaired) electrons. The highest BCUT2D eigenvalue weighted by molar-refractivity contribution is 9.10. The van der Waals surface area contributed by atoms with Crippen LogP contribution in [0.2, 0.25) is 0 Å². The van der Waals surface area contributed by atoms with Gasteiger partial charge in [-0.1, -0.05) is 18.2 Å². The minimum absolute atomic E-state index is 0.356. The van der Waals surface area contributed by atoms with Gasteiger partial charge >= 0.3 is 0 Å². The van der Waals surface area contributed by atoms with Gasteiger partial charge in [0.1, 0.15) is 16.4 Å². The first kappa shape index (κ1) is 13.2. The van der Waals surface area contributed by atoms with Gasteiger partial charge in [0, 0.05) is 11.6 Å². The van der Waals surface area contributed by atoms with E-state index < -0.39 is 0 Å². The standard InChI is InChI=1S/C12H9BrN6S/c13-8-5-15-12(19-14)18-11(8)20-10-7-3-1-2-4-9(7)16-6-17-10/h1-6H,14H2,(H,15,18,19). The summed E-state index contributed by atoms with van der Waals surface area (Å²) in [7, 11) is 0. The lowest BCUT2D eigenvalue weighted by molar-refractivity contribution is 1.00. The van der Waals surface area contributed by atoms with Gasteiger partial charge in [-0.25, -0.2) is 25.8 Å². The highest BCUT2D eigenvalue weighted by atomic mass is 79.9. The molecule has 0 fully saturated rings. The number of nitrogens with zero attached hydrogens (tertiary/aromatic N) is 4. The number of para-hydroxylation sites is 1. The lowest BCUT2D eigenvalue weighted by Crippen LogP contribution is -2.10. The minimum atomic E-state index is 0.356. The first-order valence-electron chi connectivity index (χ1n) is 5.64. The third-order valence-corrected chi connectivity index (χ3v) is 4.41. The molecule has 2 aromatic heterocycles. The first-order valence-corrected chi connectivity index (χ1v) is 7.25. The Balaban J connectivity index is 2.05. The molecule has 0 saturated carbocycles. The molecule has 0 aliphatic carbocycles. The number of nitrogens with two attached hydrogens (primary N) is 1. The minimum Gasteiger partial charge on any atom is -0.292 e. The van der Waals surface area contributed by atoms with Gasteiger partial charge in [0.15, 0.2) is 0 Å². The summed E-state index contributed by atoms with van der Waals surface area (Å²) in [6.45, 7) is 0. The van der Waals surface area contributed by atoms with Gasteiger partial charge in [-0.3, -0.25) is 5.43 Å². The number of halogens is 1. The van der Waals surface area contributed by atoms with Crippen LogP contribution in [0.3, 0.4) is 0 Å². The van der Waals surface area contributed by atoms with Crippen molar-refractivity contribution >= 4 is 44.5 Å². The van der Waals surface area contributed by atoms with E-state index in [0.29, 0.717) is 5.95 Å². The van der Waals surface area contributed by atoms with Crippen molar-refractivity contribution in [3.8, 4) is 0 Å². The van der Waals surface area contributed by atoms with Crippen LogP contribution in [0.25, 0.3) is 10.9 Å². The fourth-order valence-electron chi connectivity index (χ4n) is 1.65. The van der Waals surface area contributed by atoms with E-state index in [2.05, 4.69) is 41.3 Å².